The van der Waals surface area contributed by atoms with Gasteiger partial charge in [-0.3, -0.25) is 19.7 Å². The Labute approximate surface area is 183 Å². The van der Waals surface area contributed by atoms with Crippen LogP contribution in [0.2, 0.25) is 0 Å². The quantitative estimate of drug-likeness (QED) is 0.180. The molecule has 0 aromatic rings. The molecule has 176 valence electrons. The fourth-order valence-corrected chi connectivity index (χ4v) is 3.60. The van der Waals surface area contributed by atoms with Crippen LogP contribution in [0.25, 0.3) is 0 Å². The fraction of sp³-hybridized carbons (Fsp3) is 0.875. The van der Waals surface area contributed by atoms with Crippen LogP contribution in [0.5, 0.6) is 0 Å². The van der Waals surface area contributed by atoms with Gasteiger partial charge in [0.05, 0.1) is 6.54 Å². The van der Waals surface area contributed by atoms with Crippen molar-refractivity contribution in [3.63, 3.8) is 0 Å². The summed E-state index contributed by atoms with van der Waals surface area (Å²) < 4.78 is 0. The summed E-state index contributed by atoms with van der Waals surface area (Å²) in [6.45, 7) is 2.25. The van der Waals surface area contributed by atoms with Crippen molar-refractivity contribution in [3.8, 4) is 0 Å². The second-order valence-electron chi connectivity index (χ2n) is 8.44. The van der Waals surface area contributed by atoms with Gasteiger partial charge in [0.1, 0.15) is 11.8 Å². The van der Waals surface area contributed by atoms with Crippen LogP contribution in [-0.2, 0) is 14.4 Å². The molecule has 0 spiro atoms. The van der Waals surface area contributed by atoms with Gasteiger partial charge in [0.25, 0.3) is 0 Å². The molecule has 0 aromatic carbocycles. The first-order chi connectivity index (χ1) is 14.5. The first kappa shape index (κ1) is 28.6. The lowest BCUT2D eigenvalue weighted by Crippen LogP contribution is -2.40. The lowest BCUT2D eigenvalue weighted by Gasteiger charge is -2.12. The number of rotatable bonds is 23. The van der Waals surface area contributed by atoms with E-state index in [0.717, 1.165) is 19.3 Å². The molecule has 0 radical (unpaired) electrons. The molecule has 0 fully saturated rings. The fourth-order valence-electron chi connectivity index (χ4n) is 3.60. The normalized spacial score (nSPS) is 12.0. The molecule has 6 nitrogen and oxygen atoms in total. The predicted octanol–water partition coefficient (Wildman–Crippen LogP) is 5.72. The number of carbonyl (C=O) groups is 3. The van der Waals surface area contributed by atoms with E-state index in [1.807, 2.05) is 0 Å². The Morgan fingerprint density at radius 2 is 1.10 bits per heavy atom. The third kappa shape index (κ3) is 19.9. The van der Waals surface area contributed by atoms with E-state index in [1.165, 1.54) is 77.0 Å². The molecule has 1 atom stereocenters. The maximum Gasteiger partial charge on any atom is 0.320 e. The smallest absolute Gasteiger partial charge is 0.320 e. The van der Waals surface area contributed by atoms with Crippen molar-refractivity contribution in [2.45, 2.75) is 129 Å². The van der Waals surface area contributed by atoms with E-state index >= 15 is 0 Å². The molecule has 0 saturated carbocycles. The van der Waals surface area contributed by atoms with Gasteiger partial charge < -0.3 is 10.2 Å². The van der Waals surface area contributed by atoms with Crippen molar-refractivity contribution in [1.29, 1.82) is 0 Å². The maximum absolute atomic E-state index is 11.9. The summed E-state index contributed by atoms with van der Waals surface area (Å²) in [6, 6.07) is -0.980. The molecule has 0 amide bonds. The van der Waals surface area contributed by atoms with Gasteiger partial charge in [0.15, 0.2) is 0 Å². The minimum Gasteiger partial charge on any atom is -0.481 e. The highest BCUT2D eigenvalue weighted by Crippen LogP contribution is 2.13. The summed E-state index contributed by atoms with van der Waals surface area (Å²) in [5, 5.41) is 20.3. The van der Waals surface area contributed by atoms with Gasteiger partial charge in [0.2, 0.25) is 0 Å². The van der Waals surface area contributed by atoms with Crippen molar-refractivity contribution in [3.05, 3.63) is 0 Å². The number of nitrogens with one attached hydrogen (secondary N) is 1. The summed E-state index contributed by atoms with van der Waals surface area (Å²) in [4.78, 5) is 33.5. The van der Waals surface area contributed by atoms with E-state index in [2.05, 4.69) is 12.2 Å². The lowest BCUT2D eigenvalue weighted by molar-refractivity contribution is -0.140. The number of Topliss-reactive ketones (excluding diaryl/α,β-unsaturated/α-hetero) is 1. The lowest BCUT2D eigenvalue weighted by atomic mass is 10.0. The summed E-state index contributed by atoms with van der Waals surface area (Å²) in [7, 11) is 0. The van der Waals surface area contributed by atoms with E-state index < -0.39 is 18.0 Å². The van der Waals surface area contributed by atoms with E-state index in [-0.39, 0.29) is 25.2 Å². The molecule has 0 bridgehead atoms. The molecule has 0 aliphatic carbocycles. The van der Waals surface area contributed by atoms with Crippen LogP contribution in [0.1, 0.15) is 122 Å². The summed E-state index contributed by atoms with van der Waals surface area (Å²) in [5.41, 5.74) is 0. The Hall–Kier alpha value is -1.43. The van der Waals surface area contributed by atoms with Crippen LogP contribution in [0.15, 0.2) is 0 Å². The Bertz CT molecular complexity index is 453. The number of carboxylic acid groups (broad SMARTS) is 2. The number of carboxylic acids is 2. The number of hydrogen-bond acceptors (Lipinski definition) is 4. The average molecular weight is 428 g/mol. The highest BCUT2D eigenvalue weighted by molar-refractivity contribution is 5.81. The molecule has 6 heteroatoms. The van der Waals surface area contributed by atoms with Gasteiger partial charge in [-0.2, -0.15) is 0 Å². The minimum absolute atomic E-state index is 0.00477. The van der Waals surface area contributed by atoms with Gasteiger partial charge >= 0.3 is 11.9 Å². The Morgan fingerprint density at radius 1 is 0.667 bits per heavy atom. The van der Waals surface area contributed by atoms with E-state index in [4.69, 9.17) is 10.2 Å². The molecule has 0 heterocycles. The van der Waals surface area contributed by atoms with Crippen LogP contribution in [0, 0.1) is 0 Å². The van der Waals surface area contributed by atoms with Gasteiger partial charge in [0, 0.05) is 12.8 Å². The molecular formula is C24H45NO5. The SMILES string of the molecule is CCCCCCCCCCCCCCCCCC(=O)CN[C@@H](CCC(=O)O)C(=O)O. The van der Waals surface area contributed by atoms with Crippen LogP contribution in [-0.4, -0.2) is 40.5 Å². The zero-order valence-corrected chi connectivity index (χ0v) is 19.1. The average Bonchev–Trinajstić information content (AvgIpc) is 2.70. The monoisotopic (exact) mass is 427 g/mol. The summed E-state index contributed by atoms with van der Waals surface area (Å²) >= 11 is 0. The highest BCUT2D eigenvalue weighted by Gasteiger charge is 2.18. The largest absolute Gasteiger partial charge is 0.481 e. The molecule has 0 saturated heterocycles. The van der Waals surface area contributed by atoms with Crippen molar-refractivity contribution < 1.29 is 24.6 Å². The molecule has 0 aliphatic rings. The zero-order valence-electron chi connectivity index (χ0n) is 19.1. The van der Waals surface area contributed by atoms with Crippen LogP contribution >= 0.6 is 0 Å². The van der Waals surface area contributed by atoms with Crippen LogP contribution in [0.3, 0.4) is 0 Å². The first-order valence-electron chi connectivity index (χ1n) is 12.2. The maximum atomic E-state index is 11.9. The highest BCUT2D eigenvalue weighted by atomic mass is 16.4. The summed E-state index contributed by atoms with van der Waals surface area (Å²) in [5.74, 6) is -2.16. The Kier molecular flexibility index (Phi) is 19.8. The molecule has 0 rings (SSSR count). The first-order valence-corrected chi connectivity index (χ1v) is 12.2. The minimum atomic E-state index is -1.11. The molecule has 0 aromatic heterocycles. The number of aliphatic carboxylic acids is 2. The zero-order chi connectivity index (χ0) is 22.5. The second kappa shape index (κ2) is 20.8. The molecule has 0 aliphatic heterocycles. The molecule has 3 N–H and O–H groups in total. The van der Waals surface area contributed by atoms with E-state index in [9.17, 15) is 14.4 Å². The number of hydrogen-bond donors (Lipinski definition) is 3. The summed E-state index contributed by atoms with van der Waals surface area (Å²) in [6.07, 6.45) is 19.4. The predicted molar refractivity (Wildman–Crippen MR) is 121 cm³/mol. The van der Waals surface area contributed by atoms with Crippen LogP contribution < -0.4 is 5.32 Å². The van der Waals surface area contributed by atoms with E-state index in [0.29, 0.717) is 6.42 Å². The number of carbonyl (C=O) groups excluding carboxylic acids is 1. The third-order valence-corrected chi connectivity index (χ3v) is 5.55. The van der Waals surface area contributed by atoms with Crippen molar-refractivity contribution in [2.75, 3.05) is 6.54 Å². The Morgan fingerprint density at radius 3 is 1.50 bits per heavy atom. The Balaban J connectivity index is 3.44. The van der Waals surface area contributed by atoms with E-state index in [1.54, 1.807) is 0 Å². The number of ketones is 1. The van der Waals surface area contributed by atoms with Gasteiger partial charge in [-0.15, -0.1) is 0 Å². The van der Waals surface area contributed by atoms with Crippen LogP contribution in [0.4, 0.5) is 0 Å². The van der Waals surface area contributed by atoms with Gasteiger partial charge in [-0.05, 0) is 12.8 Å². The topological polar surface area (TPSA) is 104 Å². The van der Waals surface area contributed by atoms with Crippen molar-refractivity contribution in [2.24, 2.45) is 0 Å². The van der Waals surface area contributed by atoms with Crippen molar-refractivity contribution in [1.82, 2.24) is 5.32 Å². The van der Waals surface area contributed by atoms with Gasteiger partial charge in [-0.1, -0.05) is 96.8 Å². The molecular weight excluding hydrogens is 382 g/mol. The van der Waals surface area contributed by atoms with Crippen molar-refractivity contribution >= 4 is 17.7 Å². The van der Waals surface area contributed by atoms with Gasteiger partial charge in [-0.25, -0.2) is 0 Å². The number of unbranched alkanes of at least 4 members (excludes halogenated alkanes) is 14. The standard InChI is InChI=1S/C24H45NO5/c1-2-3-4-5-6-7-8-9-10-11-12-13-14-15-16-17-21(26)20-25-22(24(29)30)18-19-23(27)28/h22,25H,2-20H2,1H3,(H,27,28)(H,29,30)/t22-/m0/s1. The third-order valence-electron chi connectivity index (χ3n) is 5.55. The second-order valence-corrected chi connectivity index (χ2v) is 8.44. The molecule has 0 unspecified atom stereocenters. The molecule has 30 heavy (non-hydrogen) atoms.